The van der Waals surface area contributed by atoms with E-state index in [1.54, 1.807) is 149 Å². The van der Waals surface area contributed by atoms with Gasteiger partial charge in [0.15, 0.2) is 10.8 Å². The maximum absolute atomic E-state index is 13.0. The van der Waals surface area contributed by atoms with Gasteiger partial charge < -0.3 is 139 Å². The minimum Gasteiger partial charge on any atom is -0.467 e. The van der Waals surface area contributed by atoms with Crippen LogP contribution in [0, 0.1) is 21.7 Å². The molecule has 4 fully saturated rings. The van der Waals surface area contributed by atoms with E-state index >= 15 is 0 Å². The van der Waals surface area contributed by atoms with Gasteiger partial charge in [0.25, 0.3) is 0 Å². The summed E-state index contributed by atoms with van der Waals surface area (Å²) in [6.45, 7) is 34.3. The van der Waals surface area contributed by atoms with Crippen LogP contribution < -0.4 is 0 Å². The highest BCUT2D eigenvalue weighted by atomic mass is 16.6. The maximum Gasteiger partial charge on any atom is 0.373 e. The van der Waals surface area contributed by atoms with Crippen LogP contribution in [0.4, 0.5) is 0 Å². The van der Waals surface area contributed by atoms with E-state index in [1.807, 2.05) is 19.1 Å². The van der Waals surface area contributed by atoms with E-state index in [9.17, 15) is 92.3 Å². The van der Waals surface area contributed by atoms with Crippen LogP contribution in [0.5, 0.6) is 0 Å². The van der Waals surface area contributed by atoms with Gasteiger partial charge >= 0.3 is 95.7 Å². The number of ether oxygens (including phenoxy) is 19. The number of carbonyl (C=O) groups is 15. The molecule has 7 N–H and O–H groups in total. The van der Waals surface area contributed by atoms with Crippen molar-refractivity contribution in [1.29, 1.82) is 0 Å². The molecule has 8 aliphatic rings. The Kier molecular flexibility index (Phi) is 59.0. The maximum atomic E-state index is 13.0. The molecule has 3 aromatic rings. The zero-order chi connectivity index (χ0) is 111. The molecule has 818 valence electrons. The normalized spacial score (nSPS) is 21.5. The molecule has 0 amide bonds. The minimum absolute atomic E-state index is 0.00694. The average molecular weight is 2090 g/mol. The third kappa shape index (κ3) is 36.4. The van der Waals surface area contributed by atoms with Crippen LogP contribution in [0.15, 0.2) is 166 Å². The summed E-state index contributed by atoms with van der Waals surface area (Å²) in [5, 5.41) is 63.4. The summed E-state index contributed by atoms with van der Waals surface area (Å²) in [7, 11) is 0. The first-order valence-corrected chi connectivity index (χ1v) is 47.3. The second-order valence-corrected chi connectivity index (χ2v) is 31.8. The number of hydrogen-bond acceptors (Lipinski definition) is 46. The summed E-state index contributed by atoms with van der Waals surface area (Å²) in [6.07, 6.45) is 20.6. The van der Waals surface area contributed by atoms with Crippen LogP contribution in [0.3, 0.4) is 0 Å². The van der Waals surface area contributed by atoms with Crippen molar-refractivity contribution in [2.45, 2.75) is 220 Å². The zero-order valence-corrected chi connectivity index (χ0v) is 84.8. The SMILES string of the molecule is C=C(C(=O)OCC)C(=O)OCC.C=C(C(=O)OCC)C(=O)OCC.C=C(C(=O)OCC)C(=O)OCCCCCOC(=O)C(=C)C(=O)OCC.CCOC(=O)C1(C(=O)OCC)CC2(CO)C=CC1O2.CCOC(=O)C1(C(=O)OCC)CC2C=CC1(CO)O2.CCOC(=O)C1(C(=O)OCCCCCOC(=O)C2(CC)CC3(CO)C=CC2O3)CC2(CO)C=CC1O2.O=C=O.OCc1ccco1.OCc1ccco1.OCc1ccco1. The van der Waals surface area contributed by atoms with Gasteiger partial charge in [-0.1, -0.05) is 81.8 Å². The predicted octanol–water partition coefficient (Wildman–Crippen LogP) is 6.30. The predicted molar refractivity (Wildman–Crippen MR) is 504 cm³/mol. The molecule has 0 saturated carbocycles. The molecule has 46 nitrogen and oxygen atoms in total. The van der Waals surface area contributed by atoms with Crippen LogP contribution in [0.2, 0.25) is 0 Å². The summed E-state index contributed by atoms with van der Waals surface area (Å²) >= 11 is 0. The molecule has 8 aliphatic heterocycles. The highest BCUT2D eigenvalue weighted by molar-refractivity contribution is 6.15. The van der Waals surface area contributed by atoms with Crippen LogP contribution >= 0.6 is 0 Å². The highest BCUT2D eigenvalue weighted by Gasteiger charge is 2.72. The Hall–Kier alpha value is -13.3. The highest BCUT2D eigenvalue weighted by Crippen LogP contribution is 2.56. The lowest BCUT2D eigenvalue weighted by Crippen LogP contribution is -2.57. The van der Waals surface area contributed by atoms with Gasteiger partial charge in [-0.05, 0) is 158 Å². The fourth-order valence-corrected chi connectivity index (χ4v) is 15.0. The van der Waals surface area contributed by atoms with Crippen LogP contribution in [-0.4, -0.2) is 304 Å². The summed E-state index contributed by atoms with van der Waals surface area (Å²) < 4.78 is 110. The number of carbonyl (C=O) groups excluding carboxylic acids is 17. The van der Waals surface area contributed by atoms with Crippen molar-refractivity contribution in [3.05, 3.63) is 170 Å². The standard InChI is InChI=1S/C26H36O10.C17H24O8.2C13H18O6.2C8H12O4.3C5H6O2.CO2/c1-3-25(14-23(16-27)10-8-18(25)35-23)20(29)33-12-6-5-7-13-34-22(31)26(21(30)32-4-2)15-24(17-28)11-9-19(26)36-24;1-5-22-14(18)12(3)16(20)24-10-8-7-9-11-25-17(21)13(4)15(19)23-6-2;1-3-17-10(15)13(11(16)18-4-2)7-12(8-14)6-5-9(13)19-12;1-3-17-10(15)13(11(16)18-4-2)7-9-5-6-12(13,8-14)19-9;2*1-4-11-7(9)6(3)8(10)12-5-2;3*6-4-5-2-1-3-7-5;2-1-3/h8-11,18-19,27-28H,3-7,12-17H2,1-2H3;3-11H2,1-2H3;2*5-6,9,14H,3-4,7-8H2,1-2H3;2*3-5H2,1-2H3;3*1-3,6H,4H2;. The number of furan rings is 3. The molecule has 0 spiro atoms. The van der Waals surface area contributed by atoms with Crippen LogP contribution in [0.1, 0.15) is 171 Å². The van der Waals surface area contributed by atoms with Crippen LogP contribution in [-0.2, 0) is 191 Å². The Bertz CT molecular complexity index is 4650. The van der Waals surface area contributed by atoms with Crippen molar-refractivity contribution < 1.29 is 221 Å². The molecule has 147 heavy (non-hydrogen) atoms. The monoisotopic (exact) mass is 2090 g/mol. The fourth-order valence-electron chi connectivity index (χ4n) is 15.0. The summed E-state index contributed by atoms with van der Waals surface area (Å²) in [4.78, 5) is 193. The molecule has 4 saturated heterocycles. The molecule has 3 aromatic heterocycles. The van der Waals surface area contributed by atoms with Gasteiger partial charge in [-0.25, -0.2) is 38.4 Å². The quantitative estimate of drug-likeness (QED) is 0.00620. The number of aliphatic hydroxyl groups is 7. The summed E-state index contributed by atoms with van der Waals surface area (Å²) in [5.74, 6) is -8.78. The van der Waals surface area contributed by atoms with E-state index < -0.39 is 146 Å². The van der Waals surface area contributed by atoms with Crippen molar-refractivity contribution in [3.63, 3.8) is 0 Å². The van der Waals surface area contributed by atoms with Crippen molar-refractivity contribution in [1.82, 2.24) is 0 Å². The lowest BCUT2D eigenvalue weighted by Gasteiger charge is -2.36. The third-order valence-electron chi connectivity index (χ3n) is 22.2. The van der Waals surface area contributed by atoms with Gasteiger partial charge in [-0.2, -0.15) is 9.59 Å². The first-order valence-electron chi connectivity index (χ1n) is 47.3. The van der Waals surface area contributed by atoms with Gasteiger partial charge in [0.2, 0.25) is 5.41 Å². The van der Waals surface area contributed by atoms with Gasteiger partial charge in [-0.15, -0.1) is 0 Å². The third-order valence-corrected chi connectivity index (χ3v) is 22.2. The van der Waals surface area contributed by atoms with Crippen LogP contribution in [0.25, 0.3) is 0 Å². The van der Waals surface area contributed by atoms with E-state index in [-0.39, 0.29) is 205 Å². The number of fused-ring (bicyclic) bond motifs is 8. The first-order chi connectivity index (χ1) is 70.2. The lowest BCUT2D eigenvalue weighted by molar-refractivity contribution is -0.192. The molecular formula is C101H138O46. The smallest absolute Gasteiger partial charge is 0.373 e. The number of unbranched alkanes of at least 4 members (excludes halogenated alkanes) is 4. The molecule has 10 unspecified atom stereocenters. The topological polar surface area (TPSA) is 647 Å². The Morgan fingerprint density at radius 2 is 0.585 bits per heavy atom. The van der Waals surface area contributed by atoms with E-state index in [0.717, 1.165) is 0 Å². The zero-order valence-electron chi connectivity index (χ0n) is 84.8. The fraction of sp³-hybridized carbons (Fsp3) is 0.564. The van der Waals surface area contributed by atoms with Gasteiger partial charge in [0.1, 0.15) is 99.4 Å². The molecule has 11 heterocycles. The number of rotatable bonds is 46. The number of hydrogen-bond donors (Lipinski definition) is 7. The first kappa shape index (κ1) is 130. The molecular weight excluding hydrogens is 1950 g/mol. The van der Waals surface area contributed by atoms with Gasteiger partial charge in [0.05, 0.1) is 157 Å². The van der Waals surface area contributed by atoms with Crippen molar-refractivity contribution >= 4 is 95.7 Å². The molecule has 0 radical (unpaired) electrons. The Balaban J connectivity index is 0.000000586. The second-order valence-electron chi connectivity index (χ2n) is 31.8. The molecule has 0 aliphatic carbocycles. The van der Waals surface area contributed by atoms with Gasteiger partial charge in [0, 0.05) is 25.7 Å². The summed E-state index contributed by atoms with van der Waals surface area (Å²) in [6, 6.07) is 10.4. The van der Waals surface area contributed by atoms with E-state index in [4.69, 9.17) is 99.7 Å². The Morgan fingerprint density at radius 1 is 0.320 bits per heavy atom. The van der Waals surface area contributed by atoms with Gasteiger partial charge in [-0.3, -0.25) is 33.6 Å². The lowest BCUT2D eigenvalue weighted by atomic mass is 9.68. The number of aliphatic hydroxyl groups excluding tert-OH is 7. The molecule has 10 atom stereocenters. The average Bonchev–Trinajstić information content (AvgIpc) is 1.53. The largest absolute Gasteiger partial charge is 0.467 e. The minimum atomic E-state index is -1.62. The second kappa shape index (κ2) is 66.8. The summed E-state index contributed by atoms with van der Waals surface area (Å²) in [5.41, 5.74) is -11.0. The molecule has 0 aromatic carbocycles. The Labute approximate surface area is 849 Å². The number of esters is 15. The van der Waals surface area contributed by atoms with E-state index in [1.165, 1.54) is 18.8 Å². The van der Waals surface area contributed by atoms with Crippen molar-refractivity contribution in [2.75, 3.05) is 126 Å². The molecule has 11 rings (SSSR count). The van der Waals surface area contributed by atoms with E-state index in [0.29, 0.717) is 68.6 Å². The molecule has 8 bridgehead atoms. The molecule has 46 heteroatoms. The van der Waals surface area contributed by atoms with E-state index in [2.05, 4.69) is 54.7 Å². The Morgan fingerprint density at radius 3 is 0.830 bits per heavy atom. The van der Waals surface area contributed by atoms with Crippen molar-refractivity contribution in [2.24, 2.45) is 21.7 Å². The van der Waals surface area contributed by atoms with Crippen molar-refractivity contribution in [3.8, 4) is 0 Å².